The van der Waals surface area contributed by atoms with E-state index in [9.17, 15) is 0 Å². The molecule has 0 amide bonds. The van der Waals surface area contributed by atoms with Crippen molar-refractivity contribution in [3.05, 3.63) is 59.2 Å². The van der Waals surface area contributed by atoms with Crippen molar-refractivity contribution in [3.8, 4) is 0 Å². The highest BCUT2D eigenvalue weighted by atomic mass is 32.1. The molecule has 0 saturated carbocycles. The van der Waals surface area contributed by atoms with Crippen LogP contribution in [-0.2, 0) is 17.3 Å². The summed E-state index contributed by atoms with van der Waals surface area (Å²) in [6.07, 6.45) is 1.11. The Labute approximate surface area is 196 Å². The molecule has 2 aromatic carbocycles. The Morgan fingerprint density at radius 1 is 0.969 bits per heavy atom. The molecule has 5 heteroatoms. The molecule has 1 fully saturated rings. The fraction of sp³-hybridized carbons (Fsp3) is 0.519. The van der Waals surface area contributed by atoms with Crippen LogP contribution < -0.4 is 10.6 Å². The van der Waals surface area contributed by atoms with Gasteiger partial charge in [0, 0.05) is 38.1 Å². The number of rotatable bonds is 5. The van der Waals surface area contributed by atoms with E-state index in [1.165, 1.54) is 32.6 Å². The van der Waals surface area contributed by atoms with Crippen molar-refractivity contribution in [1.29, 1.82) is 0 Å². The van der Waals surface area contributed by atoms with Gasteiger partial charge in [0.05, 0.1) is 4.70 Å². The zero-order valence-corrected chi connectivity index (χ0v) is 20.7. The minimum absolute atomic E-state index is 0.130. The summed E-state index contributed by atoms with van der Waals surface area (Å²) < 4.78 is 6.03. The zero-order valence-electron chi connectivity index (χ0n) is 19.9. The van der Waals surface area contributed by atoms with Crippen LogP contribution in [0.2, 0.25) is 0 Å². The maximum atomic E-state index is 6.22. The first-order chi connectivity index (χ1) is 15.3. The molecule has 32 heavy (non-hydrogen) atoms. The number of aromatic nitrogens is 1. The average molecular weight is 449 g/mol. The minimum Gasteiger partial charge on any atom is -0.353 e. The molecule has 0 radical (unpaired) electrons. The van der Waals surface area contributed by atoms with Crippen molar-refractivity contribution in [1.82, 2.24) is 9.27 Å². The van der Waals surface area contributed by atoms with Crippen molar-refractivity contribution in [3.63, 3.8) is 0 Å². The van der Waals surface area contributed by atoms with E-state index >= 15 is 0 Å². The van der Waals surface area contributed by atoms with Crippen LogP contribution in [0.3, 0.4) is 0 Å². The Morgan fingerprint density at radius 3 is 2.44 bits per heavy atom. The fourth-order valence-electron chi connectivity index (χ4n) is 6.28. The Bertz CT molecular complexity index is 1110. The molecule has 0 spiro atoms. The van der Waals surface area contributed by atoms with Gasteiger partial charge in [-0.15, -0.1) is 0 Å². The van der Waals surface area contributed by atoms with Crippen LogP contribution in [0.1, 0.15) is 44.4 Å². The van der Waals surface area contributed by atoms with Gasteiger partial charge < -0.3 is 10.6 Å². The number of hydrogen-bond donors (Lipinski definition) is 1. The molecule has 1 unspecified atom stereocenters. The zero-order chi connectivity index (χ0) is 22.5. The number of benzene rings is 2. The summed E-state index contributed by atoms with van der Waals surface area (Å²) in [7, 11) is 0. The number of piperazine rings is 1. The van der Waals surface area contributed by atoms with E-state index in [1.807, 2.05) is 0 Å². The number of fused-ring (bicyclic) bond motifs is 2. The topological polar surface area (TPSA) is 45.4 Å². The van der Waals surface area contributed by atoms with E-state index in [0.29, 0.717) is 5.92 Å². The molecule has 1 aliphatic heterocycles. The Hall–Kier alpha value is -1.95. The minimum atomic E-state index is 0.130. The van der Waals surface area contributed by atoms with E-state index in [4.69, 9.17) is 10.1 Å². The predicted octanol–water partition coefficient (Wildman–Crippen LogP) is 4.80. The van der Waals surface area contributed by atoms with Crippen LogP contribution in [0.15, 0.2) is 42.5 Å². The summed E-state index contributed by atoms with van der Waals surface area (Å²) >= 11 is 1.61. The fourth-order valence-corrected chi connectivity index (χ4v) is 7.08. The maximum Gasteiger partial charge on any atom is 0.150 e. The highest BCUT2D eigenvalue weighted by Crippen LogP contribution is 2.53. The van der Waals surface area contributed by atoms with Crippen LogP contribution in [-0.4, -0.2) is 48.5 Å². The average Bonchev–Trinajstić information content (AvgIpc) is 3.27. The van der Waals surface area contributed by atoms with Gasteiger partial charge in [-0.3, -0.25) is 4.90 Å². The molecule has 2 N–H and O–H groups in total. The molecule has 170 valence electrons. The summed E-state index contributed by atoms with van der Waals surface area (Å²) in [6.45, 7) is 15.7. The monoisotopic (exact) mass is 448 g/mol. The van der Waals surface area contributed by atoms with E-state index in [2.05, 4.69) is 80.0 Å². The summed E-state index contributed by atoms with van der Waals surface area (Å²) in [5.41, 5.74) is 11.0. The third-order valence-corrected chi connectivity index (χ3v) is 9.01. The predicted molar refractivity (Wildman–Crippen MR) is 137 cm³/mol. The molecule has 1 aromatic heterocycles. The number of nitrogens with zero attached hydrogens (tertiary/aromatic N) is 3. The molecule has 5 rings (SSSR count). The van der Waals surface area contributed by atoms with Gasteiger partial charge in [-0.2, -0.15) is 4.37 Å². The highest BCUT2D eigenvalue weighted by Gasteiger charge is 2.50. The Kier molecular flexibility index (Phi) is 5.55. The second-order valence-electron chi connectivity index (χ2n) is 10.7. The highest BCUT2D eigenvalue weighted by molar-refractivity contribution is 7.13. The van der Waals surface area contributed by atoms with Crippen molar-refractivity contribution in [2.75, 3.05) is 44.2 Å². The number of hydrogen-bond acceptors (Lipinski definition) is 5. The van der Waals surface area contributed by atoms with Gasteiger partial charge in [0.2, 0.25) is 0 Å². The van der Waals surface area contributed by atoms with Gasteiger partial charge in [-0.05, 0) is 70.1 Å². The molecule has 0 bridgehead atoms. The molecule has 1 aliphatic carbocycles. The van der Waals surface area contributed by atoms with Crippen LogP contribution in [0, 0.1) is 5.92 Å². The molecular formula is C27H36N4S. The van der Waals surface area contributed by atoms with Crippen LogP contribution in [0.4, 0.5) is 5.82 Å². The maximum absolute atomic E-state index is 6.22. The van der Waals surface area contributed by atoms with Gasteiger partial charge >= 0.3 is 0 Å². The second-order valence-corrected chi connectivity index (χ2v) is 11.5. The van der Waals surface area contributed by atoms with E-state index in [0.717, 1.165) is 45.7 Å². The van der Waals surface area contributed by atoms with Gasteiger partial charge in [-0.25, -0.2) is 0 Å². The molecule has 2 aliphatic rings. The lowest BCUT2D eigenvalue weighted by Gasteiger charge is -2.35. The van der Waals surface area contributed by atoms with E-state index in [1.54, 1.807) is 11.5 Å². The van der Waals surface area contributed by atoms with Crippen molar-refractivity contribution >= 4 is 27.4 Å². The van der Waals surface area contributed by atoms with Crippen LogP contribution >= 0.6 is 11.5 Å². The smallest absolute Gasteiger partial charge is 0.150 e. The van der Waals surface area contributed by atoms with E-state index in [-0.39, 0.29) is 10.8 Å². The van der Waals surface area contributed by atoms with Gasteiger partial charge in [0.1, 0.15) is 5.82 Å². The van der Waals surface area contributed by atoms with Crippen LogP contribution in [0.25, 0.3) is 10.1 Å². The summed E-state index contributed by atoms with van der Waals surface area (Å²) in [5, 5.41) is 1.30. The third kappa shape index (κ3) is 3.55. The summed E-state index contributed by atoms with van der Waals surface area (Å²) in [4.78, 5) is 5.07. The first kappa shape index (κ1) is 21.9. The summed E-state index contributed by atoms with van der Waals surface area (Å²) in [5.74, 6) is 1.65. The lowest BCUT2D eigenvalue weighted by Crippen LogP contribution is -2.47. The molecular weight excluding hydrogens is 412 g/mol. The first-order valence-electron chi connectivity index (χ1n) is 12.0. The molecule has 4 nitrogen and oxygen atoms in total. The molecule has 1 atom stereocenters. The van der Waals surface area contributed by atoms with Crippen molar-refractivity contribution < 1.29 is 0 Å². The first-order valence-corrected chi connectivity index (χ1v) is 12.8. The molecule has 3 aromatic rings. The van der Waals surface area contributed by atoms with Crippen molar-refractivity contribution in [2.45, 2.75) is 44.9 Å². The Balaban J connectivity index is 1.23. The van der Waals surface area contributed by atoms with E-state index < -0.39 is 0 Å². The number of nitrogens with two attached hydrogens (primary N) is 1. The lowest BCUT2D eigenvalue weighted by molar-refractivity contribution is 0.248. The van der Waals surface area contributed by atoms with Gasteiger partial charge in [-0.1, -0.05) is 58.0 Å². The molecule has 2 heterocycles. The largest absolute Gasteiger partial charge is 0.353 e. The van der Waals surface area contributed by atoms with Gasteiger partial charge in [0.15, 0.2) is 0 Å². The third-order valence-electron chi connectivity index (χ3n) is 8.20. The standard InChI is InChI=1S/C27H36N4S/c1-26(2)21-10-9-19(17-22(21)27(3,4)24(26)18-28)11-12-30-13-15-31(16-14-30)25-20-7-5-6-8-23(20)32-29-25/h5-10,17,24H,11-16,18,28H2,1-4H3. The van der Waals surface area contributed by atoms with Crippen molar-refractivity contribution in [2.24, 2.45) is 11.7 Å². The molecule has 1 saturated heterocycles. The normalized spacial score (nSPS) is 22.4. The summed E-state index contributed by atoms with van der Waals surface area (Å²) in [6, 6.07) is 15.8. The lowest BCUT2D eigenvalue weighted by atomic mass is 9.70. The quantitative estimate of drug-likeness (QED) is 0.609. The van der Waals surface area contributed by atoms with Gasteiger partial charge in [0.25, 0.3) is 0 Å². The van der Waals surface area contributed by atoms with Crippen LogP contribution in [0.5, 0.6) is 0 Å². The number of anilines is 1. The SMILES string of the molecule is CC1(C)c2ccc(CCN3CCN(c4nsc5ccccc45)CC3)cc2C(C)(C)C1CN. The second kappa shape index (κ2) is 8.12. The Morgan fingerprint density at radius 2 is 1.69 bits per heavy atom.